The average Bonchev–Trinajstić information content (AvgIpc) is 2.62. The highest BCUT2D eigenvalue weighted by atomic mass is 16.2. The SMILES string of the molecule is CCNC(=NCC(c1ccccc1)N(C)C)N(C)CC(=O)N(CC)CC. The van der Waals surface area contributed by atoms with Crippen LogP contribution in [0.5, 0.6) is 0 Å². The summed E-state index contributed by atoms with van der Waals surface area (Å²) in [7, 11) is 6.04. The fourth-order valence-electron chi connectivity index (χ4n) is 2.84. The highest BCUT2D eigenvalue weighted by molar-refractivity contribution is 5.86. The van der Waals surface area contributed by atoms with Crippen LogP contribution in [-0.4, -0.2) is 80.4 Å². The highest BCUT2D eigenvalue weighted by Crippen LogP contribution is 2.18. The molecule has 0 aliphatic heterocycles. The van der Waals surface area contributed by atoms with E-state index in [1.54, 1.807) is 0 Å². The van der Waals surface area contributed by atoms with Crippen molar-refractivity contribution in [1.29, 1.82) is 0 Å². The van der Waals surface area contributed by atoms with E-state index in [0.29, 0.717) is 13.1 Å². The Morgan fingerprint density at radius 1 is 1.08 bits per heavy atom. The molecule has 1 atom stereocenters. The van der Waals surface area contributed by atoms with Crippen LogP contribution in [0, 0.1) is 0 Å². The van der Waals surface area contributed by atoms with Gasteiger partial charge >= 0.3 is 0 Å². The number of carbonyl (C=O) groups excluding carboxylic acids is 1. The van der Waals surface area contributed by atoms with Gasteiger partial charge in [-0.1, -0.05) is 30.3 Å². The fraction of sp³-hybridized carbons (Fsp3) is 0.600. The largest absolute Gasteiger partial charge is 0.357 e. The second kappa shape index (κ2) is 11.5. The van der Waals surface area contributed by atoms with E-state index in [9.17, 15) is 4.79 Å². The lowest BCUT2D eigenvalue weighted by atomic mass is 10.1. The van der Waals surface area contributed by atoms with Gasteiger partial charge in [-0.25, -0.2) is 0 Å². The lowest BCUT2D eigenvalue weighted by Gasteiger charge is -2.27. The van der Waals surface area contributed by atoms with E-state index >= 15 is 0 Å². The van der Waals surface area contributed by atoms with E-state index < -0.39 is 0 Å². The summed E-state index contributed by atoms with van der Waals surface area (Å²) >= 11 is 0. The molecule has 0 bridgehead atoms. The van der Waals surface area contributed by atoms with Crippen molar-refractivity contribution in [2.75, 3.05) is 53.9 Å². The summed E-state index contributed by atoms with van der Waals surface area (Å²) in [6.45, 7) is 9.22. The number of rotatable bonds is 9. The summed E-state index contributed by atoms with van der Waals surface area (Å²) in [5.41, 5.74) is 1.24. The molecule has 0 fully saturated rings. The second-order valence-corrected chi connectivity index (χ2v) is 6.51. The third kappa shape index (κ3) is 6.67. The quantitative estimate of drug-likeness (QED) is 0.540. The standard InChI is InChI=1S/C20H35N5O/c1-7-21-20(24(6)16-19(26)25(8-2)9-3)22-15-18(23(4)5)17-13-11-10-12-14-17/h10-14,18H,7-9,15-16H2,1-6H3,(H,21,22). The Hall–Kier alpha value is -2.08. The maximum atomic E-state index is 12.4. The lowest BCUT2D eigenvalue weighted by molar-refractivity contribution is -0.131. The number of amides is 1. The van der Waals surface area contributed by atoms with Crippen LogP contribution < -0.4 is 5.32 Å². The van der Waals surface area contributed by atoms with Gasteiger partial charge in [-0.05, 0) is 40.4 Å². The summed E-state index contributed by atoms with van der Waals surface area (Å²) in [4.78, 5) is 23.1. The minimum atomic E-state index is 0.121. The van der Waals surface area contributed by atoms with Crippen molar-refractivity contribution < 1.29 is 4.79 Å². The van der Waals surface area contributed by atoms with Crippen molar-refractivity contribution in [3.05, 3.63) is 35.9 Å². The van der Waals surface area contributed by atoms with Gasteiger partial charge in [0, 0.05) is 26.7 Å². The van der Waals surface area contributed by atoms with Crippen molar-refractivity contribution >= 4 is 11.9 Å². The number of carbonyl (C=O) groups is 1. The molecule has 1 N–H and O–H groups in total. The van der Waals surface area contributed by atoms with Gasteiger partial charge < -0.3 is 20.0 Å². The Kier molecular flexibility index (Phi) is 9.73. The summed E-state index contributed by atoms with van der Waals surface area (Å²) in [6, 6.07) is 10.6. The van der Waals surface area contributed by atoms with Gasteiger partial charge in [-0.2, -0.15) is 0 Å². The molecule has 0 saturated carbocycles. The maximum absolute atomic E-state index is 12.4. The molecule has 1 rings (SSSR count). The number of nitrogens with zero attached hydrogens (tertiary/aromatic N) is 4. The molecule has 0 aliphatic carbocycles. The summed E-state index contributed by atoms with van der Waals surface area (Å²) in [5.74, 6) is 0.881. The molecule has 6 heteroatoms. The van der Waals surface area contributed by atoms with Crippen molar-refractivity contribution in [3.8, 4) is 0 Å². The van der Waals surface area contributed by atoms with Gasteiger partial charge in [0.05, 0.1) is 19.1 Å². The van der Waals surface area contributed by atoms with Gasteiger partial charge in [-0.15, -0.1) is 0 Å². The van der Waals surface area contributed by atoms with Crippen molar-refractivity contribution in [2.45, 2.75) is 26.8 Å². The van der Waals surface area contributed by atoms with Crippen LogP contribution in [-0.2, 0) is 4.79 Å². The smallest absolute Gasteiger partial charge is 0.242 e. The number of benzene rings is 1. The molecule has 0 heterocycles. The maximum Gasteiger partial charge on any atom is 0.242 e. The Labute approximate surface area is 158 Å². The molecule has 1 amide bonds. The average molecular weight is 362 g/mol. The second-order valence-electron chi connectivity index (χ2n) is 6.51. The number of guanidine groups is 1. The third-order valence-corrected chi connectivity index (χ3v) is 4.41. The summed E-state index contributed by atoms with van der Waals surface area (Å²) < 4.78 is 0. The predicted molar refractivity (Wildman–Crippen MR) is 109 cm³/mol. The number of aliphatic imine (C=N–C) groups is 1. The van der Waals surface area contributed by atoms with Crippen LogP contribution in [0.15, 0.2) is 35.3 Å². The minimum absolute atomic E-state index is 0.121. The number of likely N-dealkylation sites (N-methyl/N-ethyl adjacent to an activating group) is 3. The molecule has 26 heavy (non-hydrogen) atoms. The van der Waals surface area contributed by atoms with Crippen LogP contribution in [0.2, 0.25) is 0 Å². The number of hydrogen-bond donors (Lipinski definition) is 1. The number of hydrogen-bond acceptors (Lipinski definition) is 3. The topological polar surface area (TPSA) is 51.2 Å². The van der Waals surface area contributed by atoms with E-state index in [2.05, 4.69) is 48.6 Å². The Bertz CT molecular complexity index is 555. The van der Waals surface area contributed by atoms with E-state index in [-0.39, 0.29) is 11.9 Å². The van der Waals surface area contributed by atoms with Gasteiger partial charge in [0.15, 0.2) is 5.96 Å². The molecule has 0 saturated heterocycles. The zero-order valence-corrected chi connectivity index (χ0v) is 17.2. The van der Waals surface area contributed by atoms with Crippen molar-refractivity contribution in [1.82, 2.24) is 20.0 Å². The summed E-state index contributed by atoms with van der Waals surface area (Å²) in [5, 5.41) is 3.30. The van der Waals surface area contributed by atoms with E-state index in [0.717, 1.165) is 25.6 Å². The fourth-order valence-corrected chi connectivity index (χ4v) is 2.84. The monoisotopic (exact) mass is 361 g/mol. The van der Waals surface area contributed by atoms with E-state index in [1.165, 1.54) is 5.56 Å². The van der Waals surface area contributed by atoms with Gasteiger partial charge in [0.1, 0.15) is 0 Å². The molecule has 1 unspecified atom stereocenters. The first-order valence-electron chi connectivity index (χ1n) is 9.43. The molecule has 0 aromatic heterocycles. The number of nitrogens with one attached hydrogen (secondary N) is 1. The Morgan fingerprint density at radius 3 is 2.19 bits per heavy atom. The Balaban J connectivity index is 2.87. The molecule has 1 aromatic carbocycles. The molecule has 0 aliphatic rings. The van der Waals surface area contributed by atoms with Gasteiger partial charge in [-0.3, -0.25) is 9.79 Å². The first-order chi connectivity index (χ1) is 12.4. The van der Waals surface area contributed by atoms with Gasteiger partial charge in [0.2, 0.25) is 5.91 Å². The van der Waals surface area contributed by atoms with E-state index in [4.69, 9.17) is 4.99 Å². The zero-order valence-electron chi connectivity index (χ0n) is 17.2. The van der Waals surface area contributed by atoms with Crippen LogP contribution >= 0.6 is 0 Å². The lowest BCUT2D eigenvalue weighted by Crippen LogP contribution is -2.46. The normalized spacial score (nSPS) is 12.8. The van der Waals surface area contributed by atoms with Crippen molar-refractivity contribution in [3.63, 3.8) is 0 Å². The first kappa shape index (κ1) is 22.0. The first-order valence-corrected chi connectivity index (χ1v) is 9.43. The van der Waals surface area contributed by atoms with Crippen molar-refractivity contribution in [2.24, 2.45) is 4.99 Å². The van der Waals surface area contributed by atoms with Crippen LogP contribution in [0.4, 0.5) is 0 Å². The zero-order chi connectivity index (χ0) is 19.5. The molecule has 0 radical (unpaired) electrons. The molecule has 6 nitrogen and oxygen atoms in total. The summed E-state index contributed by atoms with van der Waals surface area (Å²) in [6.07, 6.45) is 0. The van der Waals surface area contributed by atoms with E-state index in [1.807, 2.05) is 43.7 Å². The van der Waals surface area contributed by atoms with Crippen LogP contribution in [0.25, 0.3) is 0 Å². The molecular weight excluding hydrogens is 326 g/mol. The molecule has 0 spiro atoms. The third-order valence-electron chi connectivity index (χ3n) is 4.41. The van der Waals surface area contributed by atoms with Gasteiger partial charge in [0.25, 0.3) is 0 Å². The molecule has 1 aromatic rings. The molecule has 146 valence electrons. The molecular formula is C20H35N5O. The minimum Gasteiger partial charge on any atom is -0.357 e. The Morgan fingerprint density at radius 2 is 1.69 bits per heavy atom. The van der Waals surface area contributed by atoms with Crippen LogP contribution in [0.1, 0.15) is 32.4 Å². The van der Waals surface area contributed by atoms with Crippen LogP contribution in [0.3, 0.4) is 0 Å². The predicted octanol–water partition coefficient (Wildman–Crippen LogP) is 2.05. The highest BCUT2D eigenvalue weighted by Gasteiger charge is 2.17.